The van der Waals surface area contributed by atoms with Gasteiger partial charge in [0.2, 0.25) is 5.82 Å². The fourth-order valence-electron chi connectivity index (χ4n) is 2.50. The van der Waals surface area contributed by atoms with Crippen molar-refractivity contribution in [2.75, 3.05) is 6.54 Å². The second-order valence-electron chi connectivity index (χ2n) is 4.87. The van der Waals surface area contributed by atoms with Crippen molar-refractivity contribution in [1.82, 2.24) is 4.90 Å². The molecule has 0 unspecified atom stereocenters. The summed E-state index contributed by atoms with van der Waals surface area (Å²) < 4.78 is 13.6. The summed E-state index contributed by atoms with van der Waals surface area (Å²) in [6.45, 7) is 2.41. The first kappa shape index (κ1) is 13.2. The maximum Gasteiger partial charge on any atom is 0.304 e. The van der Waals surface area contributed by atoms with E-state index in [1.165, 1.54) is 22.6 Å². The summed E-state index contributed by atoms with van der Waals surface area (Å²) in [4.78, 5) is 13.5. The van der Waals surface area contributed by atoms with E-state index < -0.39 is 16.4 Å². The lowest BCUT2D eigenvalue weighted by Gasteiger charge is -2.26. The first-order valence-electron chi connectivity index (χ1n) is 6.34. The van der Waals surface area contributed by atoms with Gasteiger partial charge in [-0.25, -0.2) is 0 Å². The molecule has 0 atom stereocenters. The number of thiophene rings is 1. The molecule has 3 rings (SSSR count). The molecule has 2 aromatic rings. The van der Waals surface area contributed by atoms with Crippen LogP contribution in [0, 0.1) is 15.9 Å². The van der Waals surface area contributed by atoms with Crippen molar-refractivity contribution in [3.05, 3.63) is 61.6 Å². The van der Waals surface area contributed by atoms with Gasteiger partial charge in [-0.3, -0.25) is 15.0 Å². The monoisotopic (exact) mass is 292 g/mol. The van der Waals surface area contributed by atoms with E-state index in [9.17, 15) is 14.5 Å². The van der Waals surface area contributed by atoms with Crippen LogP contribution in [0.25, 0.3) is 0 Å². The quantitative estimate of drug-likeness (QED) is 0.644. The molecule has 1 aromatic heterocycles. The largest absolute Gasteiger partial charge is 0.304 e. The predicted octanol–water partition coefficient (Wildman–Crippen LogP) is 3.35. The third kappa shape index (κ3) is 2.57. The lowest BCUT2D eigenvalue weighted by molar-refractivity contribution is -0.387. The number of nitro groups is 1. The normalized spacial score (nSPS) is 15.1. The molecule has 0 amide bonds. The third-order valence-electron chi connectivity index (χ3n) is 3.50. The molecule has 6 heteroatoms. The first-order chi connectivity index (χ1) is 9.63. The minimum Gasteiger partial charge on any atom is -0.294 e. The maximum absolute atomic E-state index is 13.6. The fourth-order valence-corrected chi connectivity index (χ4v) is 3.39. The van der Waals surface area contributed by atoms with Crippen molar-refractivity contribution in [2.24, 2.45) is 0 Å². The van der Waals surface area contributed by atoms with Gasteiger partial charge in [0.25, 0.3) is 0 Å². The Labute approximate surface area is 119 Å². The van der Waals surface area contributed by atoms with Crippen molar-refractivity contribution >= 4 is 17.0 Å². The van der Waals surface area contributed by atoms with Crippen LogP contribution in [0.4, 0.5) is 10.1 Å². The van der Waals surface area contributed by atoms with Gasteiger partial charge in [-0.1, -0.05) is 6.07 Å². The van der Waals surface area contributed by atoms with Crippen LogP contribution >= 0.6 is 11.3 Å². The van der Waals surface area contributed by atoms with Crippen LogP contribution in [-0.4, -0.2) is 16.4 Å². The highest BCUT2D eigenvalue weighted by Gasteiger charge is 2.19. The standard InChI is InChI=1S/C14H13FN2O2S/c15-12-7-10(1-2-13(12)17(18)19)8-16-5-3-14-11(9-16)4-6-20-14/h1-2,4,6-7H,3,5,8-9H2. The Morgan fingerprint density at radius 3 is 3.00 bits per heavy atom. The van der Waals surface area contributed by atoms with Gasteiger partial charge in [0.05, 0.1) is 4.92 Å². The summed E-state index contributed by atoms with van der Waals surface area (Å²) in [5.41, 5.74) is 1.64. The zero-order valence-corrected chi connectivity index (χ0v) is 11.5. The summed E-state index contributed by atoms with van der Waals surface area (Å²) in [7, 11) is 0. The van der Waals surface area contributed by atoms with Crippen LogP contribution in [0.1, 0.15) is 16.0 Å². The molecular weight excluding hydrogens is 279 g/mol. The van der Waals surface area contributed by atoms with E-state index in [4.69, 9.17) is 0 Å². The molecule has 0 N–H and O–H groups in total. The van der Waals surface area contributed by atoms with Gasteiger partial charge in [-0.15, -0.1) is 11.3 Å². The minimum atomic E-state index is -0.763. The number of nitro benzene ring substituents is 1. The van der Waals surface area contributed by atoms with Crippen LogP contribution in [0.15, 0.2) is 29.6 Å². The summed E-state index contributed by atoms with van der Waals surface area (Å²) in [5, 5.41) is 12.7. The molecule has 0 saturated carbocycles. The summed E-state index contributed by atoms with van der Waals surface area (Å²) in [6.07, 6.45) is 1.02. The van der Waals surface area contributed by atoms with E-state index in [1.54, 1.807) is 17.4 Å². The molecule has 2 heterocycles. The number of benzene rings is 1. The van der Waals surface area contributed by atoms with Crippen molar-refractivity contribution in [3.8, 4) is 0 Å². The molecule has 0 fully saturated rings. The molecule has 0 aliphatic carbocycles. The highest BCUT2D eigenvalue weighted by atomic mass is 32.1. The smallest absolute Gasteiger partial charge is 0.294 e. The summed E-state index contributed by atoms with van der Waals surface area (Å²) in [5.74, 6) is -0.763. The van der Waals surface area contributed by atoms with Gasteiger partial charge in [0.1, 0.15) is 0 Å². The SMILES string of the molecule is O=[N+]([O-])c1ccc(CN2CCc3sccc3C2)cc1F. The second kappa shape index (κ2) is 5.30. The predicted molar refractivity (Wildman–Crippen MR) is 75.2 cm³/mol. The molecule has 0 spiro atoms. The van der Waals surface area contributed by atoms with Crippen LogP contribution in [-0.2, 0) is 19.5 Å². The highest BCUT2D eigenvalue weighted by Crippen LogP contribution is 2.26. The second-order valence-corrected chi connectivity index (χ2v) is 5.87. The molecular formula is C14H13FN2O2S. The number of rotatable bonds is 3. The Hall–Kier alpha value is -1.79. The molecule has 20 heavy (non-hydrogen) atoms. The van der Waals surface area contributed by atoms with E-state index >= 15 is 0 Å². The van der Waals surface area contributed by atoms with E-state index in [0.717, 1.165) is 25.1 Å². The molecule has 104 valence electrons. The van der Waals surface area contributed by atoms with Gasteiger partial charge in [-0.05, 0) is 35.1 Å². The van der Waals surface area contributed by atoms with Crippen molar-refractivity contribution in [2.45, 2.75) is 19.5 Å². The summed E-state index contributed by atoms with van der Waals surface area (Å²) >= 11 is 1.78. The molecule has 1 aromatic carbocycles. The molecule has 0 bridgehead atoms. The number of nitrogens with zero attached hydrogens (tertiary/aromatic N) is 2. The molecule has 1 aliphatic heterocycles. The van der Waals surface area contributed by atoms with Crippen LogP contribution in [0.5, 0.6) is 0 Å². The third-order valence-corrected chi connectivity index (χ3v) is 4.52. The van der Waals surface area contributed by atoms with Crippen molar-refractivity contribution < 1.29 is 9.31 Å². The van der Waals surface area contributed by atoms with Gasteiger partial charge < -0.3 is 0 Å². The highest BCUT2D eigenvalue weighted by molar-refractivity contribution is 7.10. The number of halogens is 1. The Morgan fingerprint density at radius 2 is 2.25 bits per heavy atom. The van der Waals surface area contributed by atoms with E-state index in [2.05, 4.69) is 16.3 Å². The van der Waals surface area contributed by atoms with Gasteiger partial charge >= 0.3 is 5.69 Å². The van der Waals surface area contributed by atoms with E-state index in [-0.39, 0.29) is 0 Å². The van der Waals surface area contributed by atoms with E-state index in [1.807, 2.05) is 0 Å². The average Bonchev–Trinajstić information content (AvgIpc) is 2.85. The topological polar surface area (TPSA) is 46.4 Å². The molecule has 1 aliphatic rings. The Kier molecular flexibility index (Phi) is 3.50. The van der Waals surface area contributed by atoms with E-state index in [0.29, 0.717) is 6.54 Å². The van der Waals surface area contributed by atoms with Gasteiger partial charge in [0, 0.05) is 30.6 Å². The zero-order valence-electron chi connectivity index (χ0n) is 10.7. The Morgan fingerprint density at radius 1 is 1.40 bits per heavy atom. The Balaban J connectivity index is 1.73. The maximum atomic E-state index is 13.6. The van der Waals surface area contributed by atoms with Gasteiger partial charge in [0.15, 0.2) is 0 Å². The number of hydrogen-bond acceptors (Lipinski definition) is 4. The van der Waals surface area contributed by atoms with Crippen LogP contribution < -0.4 is 0 Å². The van der Waals surface area contributed by atoms with Crippen LogP contribution in [0.2, 0.25) is 0 Å². The molecule has 4 nitrogen and oxygen atoms in total. The van der Waals surface area contributed by atoms with Crippen LogP contribution in [0.3, 0.4) is 0 Å². The number of fused-ring (bicyclic) bond motifs is 1. The van der Waals surface area contributed by atoms with Crippen molar-refractivity contribution in [1.29, 1.82) is 0 Å². The Bertz CT molecular complexity index is 656. The first-order valence-corrected chi connectivity index (χ1v) is 7.22. The summed E-state index contributed by atoms with van der Waals surface area (Å²) in [6, 6.07) is 6.26. The number of hydrogen-bond donors (Lipinski definition) is 0. The lowest BCUT2D eigenvalue weighted by Crippen LogP contribution is -2.29. The molecule has 0 saturated heterocycles. The molecule has 0 radical (unpaired) electrons. The zero-order chi connectivity index (χ0) is 14.1. The fraction of sp³-hybridized carbons (Fsp3) is 0.286. The van der Waals surface area contributed by atoms with Crippen molar-refractivity contribution in [3.63, 3.8) is 0 Å². The minimum absolute atomic E-state index is 0.465. The lowest BCUT2D eigenvalue weighted by atomic mass is 10.1. The average molecular weight is 292 g/mol. The van der Waals surface area contributed by atoms with Gasteiger partial charge in [-0.2, -0.15) is 4.39 Å².